The Morgan fingerprint density at radius 1 is 1.38 bits per heavy atom. The van der Waals surface area contributed by atoms with E-state index in [9.17, 15) is 9.59 Å². The molecule has 0 radical (unpaired) electrons. The first-order valence-corrected chi connectivity index (χ1v) is 8.28. The number of fused-ring (bicyclic) bond motifs is 1. The normalized spacial score (nSPS) is 16.0. The van der Waals surface area contributed by atoms with Crippen LogP contribution in [0.5, 0.6) is 5.75 Å². The summed E-state index contributed by atoms with van der Waals surface area (Å²) in [5.74, 6) is -0.0640. The van der Waals surface area contributed by atoms with Crippen LogP contribution in [0.4, 0.5) is 5.69 Å². The van der Waals surface area contributed by atoms with Gasteiger partial charge in [-0.25, -0.2) is 0 Å². The Hall–Kier alpha value is -3.28. The topological polar surface area (TPSA) is 97.2 Å². The quantitative estimate of drug-likeness (QED) is 0.702. The number of rotatable bonds is 5. The lowest BCUT2D eigenvalue weighted by atomic mass is 9.83. The highest BCUT2D eigenvalue weighted by Crippen LogP contribution is 2.33. The molecule has 0 fully saturated rings. The lowest BCUT2D eigenvalue weighted by Gasteiger charge is -2.22. The number of H-pyrrole nitrogens is 1. The van der Waals surface area contributed by atoms with E-state index in [0.717, 1.165) is 21.7 Å². The molecular weight excluding hydrogens is 330 g/mol. The van der Waals surface area contributed by atoms with Gasteiger partial charge in [0.15, 0.2) is 0 Å². The highest BCUT2D eigenvalue weighted by molar-refractivity contribution is 6.13. The van der Waals surface area contributed by atoms with Crippen LogP contribution < -0.4 is 26.4 Å². The first-order valence-electron chi connectivity index (χ1n) is 8.28. The number of amides is 2. The van der Waals surface area contributed by atoms with Crippen molar-refractivity contribution in [2.24, 2.45) is 11.7 Å². The predicted molar refractivity (Wildman–Crippen MR) is 101 cm³/mol. The van der Waals surface area contributed by atoms with Gasteiger partial charge < -0.3 is 20.8 Å². The van der Waals surface area contributed by atoms with Crippen LogP contribution in [0.25, 0.3) is 11.1 Å². The molecule has 6 nitrogen and oxygen atoms in total. The number of carbonyl (C=O) groups excluding carboxylic acids is 2. The van der Waals surface area contributed by atoms with E-state index in [2.05, 4.69) is 23.8 Å². The zero-order chi connectivity index (χ0) is 18.8. The van der Waals surface area contributed by atoms with Gasteiger partial charge in [0.05, 0.1) is 18.1 Å². The molecule has 0 spiro atoms. The van der Waals surface area contributed by atoms with Crippen LogP contribution >= 0.6 is 0 Å². The van der Waals surface area contributed by atoms with E-state index in [1.165, 1.54) is 6.08 Å². The highest BCUT2D eigenvalue weighted by Gasteiger charge is 2.23. The van der Waals surface area contributed by atoms with Gasteiger partial charge in [-0.3, -0.25) is 9.59 Å². The van der Waals surface area contributed by atoms with Crippen LogP contribution in [0.15, 0.2) is 43.1 Å². The van der Waals surface area contributed by atoms with Crippen molar-refractivity contribution in [1.29, 1.82) is 0 Å². The molecule has 6 heteroatoms. The average Bonchev–Trinajstić information content (AvgIpc) is 3.09. The van der Waals surface area contributed by atoms with Gasteiger partial charge in [-0.1, -0.05) is 19.6 Å². The van der Waals surface area contributed by atoms with Gasteiger partial charge in [0, 0.05) is 17.0 Å². The molecule has 1 aliphatic rings. The van der Waals surface area contributed by atoms with Crippen molar-refractivity contribution in [2.75, 3.05) is 12.4 Å². The number of nitrogens with two attached hydrogens (primary N) is 1. The Kier molecular flexibility index (Phi) is 4.67. The smallest absolute Gasteiger partial charge is 0.247 e. The molecule has 1 heterocycles. The number of nitrogens with one attached hydrogen (secondary N) is 2. The van der Waals surface area contributed by atoms with Crippen molar-refractivity contribution < 1.29 is 14.3 Å². The molecular formula is C20H21N3O3. The van der Waals surface area contributed by atoms with E-state index in [0.29, 0.717) is 23.4 Å². The molecule has 0 saturated heterocycles. The maximum Gasteiger partial charge on any atom is 0.247 e. The summed E-state index contributed by atoms with van der Waals surface area (Å²) in [4.78, 5) is 26.6. The molecule has 1 aromatic carbocycles. The van der Waals surface area contributed by atoms with Crippen LogP contribution in [0, 0.1) is 5.92 Å². The second kappa shape index (κ2) is 6.92. The summed E-state index contributed by atoms with van der Waals surface area (Å²) < 4.78 is 5.33. The fourth-order valence-electron chi connectivity index (χ4n) is 3.44. The third-order valence-corrected chi connectivity index (χ3v) is 4.59. The number of ether oxygens (including phenoxy) is 1. The molecule has 4 N–H and O–H groups in total. The van der Waals surface area contributed by atoms with Gasteiger partial charge >= 0.3 is 0 Å². The first kappa shape index (κ1) is 17.5. The van der Waals surface area contributed by atoms with Gasteiger partial charge in [0.2, 0.25) is 11.8 Å². The average molecular weight is 351 g/mol. The number of methoxy groups -OCH3 is 1. The summed E-state index contributed by atoms with van der Waals surface area (Å²) in [6.45, 7) is 5.53. The molecule has 2 aromatic rings. The molecule has 1 atom stereocenters. The Morgan fingerprint density at radius 3 is 2.81 bits per heavy atom. The van der Waals surface area contributed by atoms with Crippen LogP contribution in [-0.4, -0.2) is 23.9 Å². The zero-order valence-electron chi connectivity index (χ0n) is 14.8. The standard InChI is InChI=1S/C20H21N3O3/c1-4-17(24)23-15-10-12(5-6-16(15)26-3)18-11(2)9-14(20(21)25)19-13(18)7-8-22-19/h4-8,10-11,22H,1,9H2,2-3H3,(H2,21,25)(H,23,24). The summed E-state index contributed by atoms with van der Waals surface area (Å²) >= 11 is 0. The largest absolute Gasteiger partial charge is 0.495 e. The minimum atomic E-state index is -0.409. The lowest BCUT2D eigenvalue weighted by molar-refractivity contribution is -0.113. The number of benzene rings is 1. The monoisotopic (exact) mass is 351 g/mol. The van der Waals surface area contributed by atoms with E-state index in [4.69, 9.17) is 10.5 Å². The Labute approximate surface area is 151 Å². The Morgan fingerprint density at radius 2 is 2.15 bits per heavy atom. The third kappa shape index (κ3) is 3.01. The summed E-state index contributed by atoms with van der Waals surface area (Å²) in [5, 5.41) is 4.48. The van der Waals surface area contributed by atoms with Gasteiger partial charge in [0.25, 0.3) is 0 Å². The van der Waals surface area contributed by atoms with Crippen molar-refractivity contribution >= 4 is 28.6 Å². The third-order valence-electron chi connectivity index (χ3n) is 4.59. The highest BCUT2D eigenvalue weighted by atomic mass is 16.5. The van der Waals surface area contributed by atoms with E-state index in [-0.39, 0.29) is 11.8 Å². The van der Waals surface area contributed by atoms with Gasteiger partial charge in [0.1, 0.15) is 5.75 Å². The molecule has 0 aliphatic heterocycles. The van der Waals surface area contributed by atoms with Crippen molar-refractivity contribution in [1.82, 2.24) is 4.98 Å². The van der Waals surface area contributed by atoms with Crippen LogP contribution in [0.2, 0.25) is 0 Å². The number of aromatic amines is 1. The molecule has 0 bridgehead atoms. The van der Waals surface area contributed by atoms with E-state index in [1.807, 2.05) is 24.3 Å². The van der Waals surface area contributed by atoms with Gasteiger partial charge in [-0.15, -0.1) is 0 Å². The first-order chi connectivity index (χ1) is 12.5. The molecule has 2 amide bonds. The predicted octanol–water partition coefficient (Wildman–Crippen LogP) is 1.02. The van der Waals surface area contributed by atoms with Gasteiger partial charge in [-0.05, 0) is 47.8 Å². The number of hydrogen-bond donors (Lipinski definition) is 3. The van der Waals surface area contributed by atoms with Crippen molar-refractivity contribution in [2.45, 2.75) is 13.3 Å². The second-order valence-corrected chi connectivity index (χ2v) is 6.24. The summed E-state index contributed by atoms with van der Waals surface area (Å²) in [6, 6.07) is 7.57. The number of aromatic nitrogens is 1. The van der Waals surface area contributed by atoms with Crippen molar-refractivity contribution in [3.63, 3.8) is 0 Å². The maximum atomic E-state index is 11.8. The van der Waals surface area contributed by atoms with Crippen LogP contribution in [0.1, 0.15) is 18.9 Å². The zero-order valence-corrected chi connectivity index (χ0v) is 14.8. The maximum absolute atomic E-state index is 11.8. The molecule has 134 valence electrons. The van der Waals surface area contributed by atoms with E-state index >= 15 is 0 Å². The minimum Gasteiger partial charge on any atom is -0.495 e. The van der Waals surface area contributed by atoms with Gasteiger partial charge in [-0.2, -0.15) is 0 Å². The molecule has 3 rings (SSSR count). The fraction of sp³-hybridized carbons (Fsp3) is 0.200. The molecule has 26 heavy (non-hydrogen) atoms. The number of carbonyl (C=O) groups is 2. The Balaban J connectivity index is 2.23. The van der Waals surface area contributed by atoms with E-state index < -0.39 is 5.91 Å². The summed E-state index contributed by atoms with van der Waals surface area (Å²) in [7, 11) is 1.55. The number of hydrogen-bond acceptors (Lipinski definition) is 3. The molecule has 1 aliphatic carbocycles. The van der Waals surface area contributed by atoms with Crippen LogP contribution in [0.3, 0.4) is 0 Å². The number of anilines is 1. The molecule has 0 saturated carbocycles. The van der Waals surface area contributed by atoms with Crippen molar-refractivity contribution in [3.05, 3.63) is 59.2 Å². The minimum absolute atomic E-state index is 0.0946. The van der Waals surface area contributed by atoms with Crippen LogP contribution in [-0.2, 0) is 9.59 Å². The second-order valence-electron chi connectivity index (χ2n) is 6.24. The number of primary amides is 1. The summed E-state index contributed by atoms with van der Waals surface area (Å²) in [5.41, 5.74) is 8.75. The lowest BCUT2D eigenvalue weighted by Crippen LogP contribution is -2.38. The fourth-order valence-corrected chi connectivity index (χ4v) is 3.44. The molecule has 1 aromatic heterocycles. The van der Waals surface area contributed by atoms with E-state index in [1.54, 1.807) is 13.3 Å². The summed E-state index contributed by atoms with van der Waals surface area (Å²) in [6.07, 6.45) is 3.56. The van der Waals surface area contributed by atoms with Crippen molar-refractivity contribution in [3.8, 4) is 5.75 Å². The Bertz CT molecular complexity index is 1020. The molecule has 1 unspecified atom stereocenters. The SMILES string of the molecule is C=CC(=O)Nc1cc(C2=c3cc[nH]c3=C(C(N)=O)CC2C)ccc1OC.